The topological polar surface area (TPSA) is 38.5 Å². The third kappa shape index (κ3) is 2.48. The molecule has 0 fully saturated rings. The lowest BCUT2D eigenvalue weighted by Crippen LogP contribution is -2.33. The molecular weight excluding hydrogens is 266 g/mol. The average Bonchev–Trinajstić information content (AvgIpc) is 2.83. The molecule has 3 rings (SSSR count). The van der Waals surface area contributed by atoms with Crippen LogP contribution in [0.2, 0.25) is 0 Å². The molecule has 0 atom stereocenters. The molecule has 0 spiro atoms. The Balaban J connectivity index is 2.08. The molecule has 0 bridgehead atoms. The monoisotopic (exact) mass is 286 g/mol. The zero-order valence-electron chi connectivity index (χ0n) is 12.4. The molecule has 2 heterocycles. The molecule has 0 radical (unpaired) electrons. The van der Waals surface area contributed by atoms with Gasteiger partial charge in [-0.15, -0.1) is 0 Å². The van der Waals surface area contributed by atoms with E-state index in [2.05, 4.69) is 50.1 Å². The fraction of sp³-hybridized carbons (Fsp3) is 0.375. The minimum atomic E-state index is -0.0612. The lowest BCUT2D eigenvalue weighted by Gasteiger charge is -2.27. The van der Waals surface area contributed by atoms with Gasteiger partial charge in [-0.1, -0.05) is 17.4 Å². The number of H-pyrrole nitrogens is 1. The van der Waals surface area contributed by atoms with Crippen molar-refractivity contribution in [1.29, 1.82) is 0 Å². The maximum absolute atomic E-state index is 4.89. The number of aryl methyl sites for hydroxylation is 2. The molecule has 20 heavy (non-hydrogen) atoms. The van der Waals surface area contributed by atoms with Crippen molar-refractivity contribution < 1.29 is 4.98 Å². The molecule has 104 valence electrons. The number of benzene rings is 1. The molecule has 1 aromatic heterocycles. The summed E-state index contributed by atoms with van der Waals surface area (Å²) < 4.78 is 0. The van der Waals surface area contributed by atoms with E-state index in [1.54, 1.807) is 11.3 Å². The van der Waals surface area contributed by atoms with Crippen LogP contribution in [0.25, 0.3) is 0 Å². The highest BCUT2D eigenvalue weighted by Crippen LogP contribution is 2.29. The van der Waals surface area contributed by atoms with Crippen molar-refractivity contribution in [2.45, 2.75) is 39.7 Å². The van der Waals surface area contributed by atoms with E-state index in [0.29, 0.717) is 0 Å². The molecule has 4 heteroatoms. The second-order valence-electron chi connectivity index (χ2n) is 6.06. The predicted molar refractivity (Wildman–Crippen MR) is 84.7 cm³/mol. The van der Waals surface area contributed by atoms with Crippen LogP contribution in [-0.2, 0) is 6.42 Å². The Morgan fingerprint density at radius 2 is 2.00 bits per heavy atom. The van der Waals surface area contributed by atoms with Crippen molar-refractivity contribution in [3.8, 4) is 0 Å². The first-order chi connectivity index (χ1) is 9.44. The van der Waals surface area contributed by atoms with E-state index in [1.807, 2.05) is 11.6 Å². The first-order valence-electron chi connectivity index (χ1n) is 6.87. The second kappa shape index (κ2) is 4.70. The number of rotatable bonds is 1. The zero-order valence-corrected chi connectivity index (χ0v) is 13.2. The van der Waals surface area contributed by atoms with Crippen LogP contribution in [-0.4, -0.2) is 11.4 Å². The van der Waals surface area contributed by atoms with Gasteiger partial charge in [-0.3, -0.25) is 0 Å². The summed E-state index contributed by atoms with van der Waals surface area (Å²) in [6, 6.07) is 4.56. The van der Waals surface area contributed by atoms with Gasteiger partial charge in [-0.2, -0.15) is 0 Å². The van der Waals surface area contributed by atoms with Crippen molar-refractivity contribution in [2.75, 3.05) is 5.32 Å². The second-order valence-corrected chi connectivity index (χ2v) is 6.98. The van der Waals surface area contributed by atoms with E-state index in [-0.39, 0.29) is 5.54 Å². The molecule has 1 aliphatic heterocycles. The number of anilines is 1. The summed E-state index contributed by atoms with van der Waals surface area (Å²) >= 11 is 1.65. The molecule has 0 saturated heterocycles. The normalized spacial score (nSPS) is 16.5. The van der Waals surface area contributed by atoms with Gasteiger partial charge in [0, 0.05) is 10.9 Å². The molecule has 2 aromatic rings. The molecule has 0 unspecified atom stereocenters. The number of hydrogen-bond donors (Lipinski definition) is 1. The van der Waals surface area contributed by atoms with Crippen LogP contribution in [0, 0.1) is 13.8 Å². The lowest BCUT2D eigenvalue weighted by molar-refractivity contribution is -0.354. The van der Waals surface area contributed by atoms with Crippen molar-refractivity contribution >= 4 is 22.3 Å². The minimum absolute atomic E-state index is 0.0612. The number of aromatic amines is 1. The highest BCUT2D eigenvalue weighted by atomic mass is 32.1. The van der Waals surface area contributed by atoms with Crippen molar-refractivity contribution in [3.05, 3.63) is 46.0 Å². The van der Waals surface area contributed by atoms with Crippen molar-refractivity contribution in [3.63, 3.8) is 0 Å². The maximum Gasteiger partial charge on any atom is 0.337 e. The van der Waals surface area contributed by atoms with Crippen molar-refractivity contribution in [2.24, 2.45) is 4.99 Å². The van der Waals surface area contributed by atoms with E-state index < -0.39 is 0 Å². The van der Waals surface area contributed by atoms with E-state index >= 15 is 0 Å². The van der Waals surface area contributed by atoms with Crippen LogP contribution >= 0.6 is 11.3 Å². The highest BCUT2D eigenvalue weighted by Gasteiger charge is 2.30. The van der Waals surface area contributed by atoms with E-state index in [4.69, 9.17) is 4.99 Å². The Morgan fingerprint density at radius 1 is 1.25 bits per heavy atom. The van der Waals surface area contributed by atoms with Crippen LogP contribution in [0.15, 0.2) is 28.7 Å². The highest BCUT2D eigenvalue weighted by molar-refractivity contribution is 7.13. The van der Waals surface area contributed by atoms with Crippen LogP contribution in [0.4, 0.5) is 5.13 Å². The third-order valence-corrected chi connectivity index (χ3v) is 4.44. The van der Waals surface area contributed by atoms with Crippen molar-refractivity contribution in [1.82, 2.24) is 0 Å². The number of thiazole rings is 1. The van der Waals surface area contributed by atoms with E-state index in [0.717, 1.165) is 17.4 Å². The largest absolute Gasteiger partial charge is 0.337 e. The fourth-order valence-electron chi connectivity index (χ4n) is 2.63. The van der Waals surface area contributed by atoms with Gasteiger partial charge in [-0.05, 0) is 56.9 Å². The van der Waals surface area contributed by atoms with Gasteiger partial charge in [-0.25, -0.2) is 15.3 Å². The summed E-state index contributed by atoms with van der Waals surface area (Å²) in [5.74, 6) is 0.970. The Labute approximate surface area is 123 Å². The Kier molecular flexibility index (Phi) is 3.13. The number of fused-ring (bicyclic) bond motifs is 1. The van der Waals surface area contributed by atoms with Crippen LogP contribution in [0.5, 0.6) is 0 Å². The third-order valence-electron chi connectivity index (χ3n) is 3.71. The molecule has 2 N–H and O–H groups in total. The number of aromatic nitrogens is 1. The quantitative estimate of drug-likeness (QED) is 0.857. The van der Waals surface area contributed by atoms with E-state index in [1.165, 1.54) is 22.3 Å². The molecule has 0 aliphatic carbocycles. The van der Waals surface area contributed by atoms with E-state index in [9.17, 15) is 0 Å². The SMILES string of the molecule is Cc1cc2c(cc1C)C(Nc1[nH+]ccs1)=NC(C)(C)C2. The lowest BCUT2D eigenvalue weighted by atomic mass is 9.86. The molecule has 1 aromatic carbocycles. The predicted octanol–water partition coefficient (Wildman–Crippen LogP) is 3.37. The standard InChI is InChI=1S/C16H19N3S/c1-10-7-12-9-16(3,4)19-14(13(12)8-11(10)2)18-15-17-5-6-20-15/h5-8H,9H2,1-4H3,(H,17,18,19)/p+1. The first-order valence-corrected chi connectivity index (χ1v) is 7.75. The van der Waals surface area contributed by atoms with Crippen LogP contribution in [0.3, 0.4) is 0 Å². The zero-order chi connectivity index (χ0) is 14.3. The summed E-state index contributed by atoms with van der Waals surface area (Å²) in [4.78, 5) is 8.09. The maximum atomic E-state index is 4.89. The molecule has 0 amide bonds. The minimum Gasteiger partial charge on any atom is -0.241 e. The summed E-state index contributed by atoms with van der Waals surface area (Å²) in [7, 11) is 0. The summed E-state index contributed by atoms with van der Waals surface area (Å²) in [5.41, 5.74) is 5.21. The van der Waals surface area contributed by atoms with Gasteiger partial charge in [0.2, 0.25) is 5.84 Å². The number of hydrogen-bond acceptors (Lipinski definition) is 3. The Bertz CT molecular complexity index is 669. The number of aliphatic imine (C=N–C) groups is 1. The summed E-state index contributed by atoms with van der Waals surface area (Å²) in [5, 5.41) is 6.48. The number of nitrogens with one attached hydrogen (secondary N) is 2. The van der Waals surface area contributed by atoms with Crippen LogP contribution in [0.1, 0.15) is 36.1 Å². The molecule has 3 nitrogen and oxygen atoms in total. The average molecular weight is 286 g/mol. The number of amidine groups is 1. The number of nitrogens with zero attached hydrogens (tertiary/aromatic N) is 1. The Morgan fingerprint density at radius 3 is 2.70 bits per heavy atom. The fourth-order valence-corrected chi connectivity index (χ4v) is 3.19. The summed E-state index contributed by atoms with van der Waals surface area (Å²) in [6.45, 7) is 8.70. The van der Waals surface area contributed by atoms with Crippen LogP contribution < -0.4 is 10.3 Å². The van der Waals surface area contributed by atoms with Gasteiger partial charge >= 0.3 is 5.13 Å². The van der Waals surface area contributed by atoms with Gasteiger partial charge in [0.05, 0.1) is 11.7 Å². The smallest absolute Gasteiger partial charge is 0.241 e. The molecular formula is C16H20N3S+. The van der Waals surface area contributed by atoms with Gasteiger partial charge in [0.1, 0.15) is 0 Å². The first kappa shape index (κ1) is 13.3. The van der Waals surface area contributed by atoms with Gasteiger partial charge in [0.15, 0.2) is 0 Å². The Hall–Kier alpha value is -1.68. The van der Waals surface area contributed by atoms with Gasteiger partial charge < -0.3 is 0 Å². The summed E-state index contributed by atoms with van der Waals surface area (Å²) in [6.07, 6.45) is 2.92. The molecule has 0 saturated carbocycles. The van der Waals surface area contributed by atoms with Gasteiger partial charge in [0.25, 0.3) is 0 Å². The molecule has 1 aliphatic rings.